The Bertz CT molecular complexity index is 891. The van der Waals surface area contributed by atoms with Gasteiger partial charge in [-0.25, -0.2) is 8.78 Å². The molecule has 1 heterocycles. The van der Waals surface area contributed by atoms with E-state index < -0.39 is 11.6 Å². The summed E-state index contributed by atoms with van der Waals surface area (Å²) >= 11 is 0. The molecular weight excluding hydrogens is 296 g/mol. The van der Waals surface area contributed by atoms with Gasteiger partial charge in [0.05, 0.1) is 5.69 Å². The first-order valence-electron chi connectivity index (χ1n) is 6.91. The Balaban J connectivity index is 2.20. The van der Waals surface area contributed by atoms with Crippen molar-refractivity contribution in [3.63, 3.8) is 0 Å². The SMILES string of the molecule is N=Cc1cc(-c2cccnc2-c2ccc(F)cc2F)ccc1N. The van der Waals surface area contributed by atoms with Gasteiger partial charge >= 0.3 is 0 Å². The van der Waals surface area contributed by atoms with Crippen LogP contribution in [0.3, 0.4) is 0 Å². The monoisotopic (exact) mass is 309 g/mol. The standard InChI is InChI=1S/C18H13F2N3/c19-13-4-5-15(16(20)9-13)18-14(2-1-7-23-18)11-3-6-17(22)12(8-11)10-21/h1-10,21H,22H2. The third-order valence-corrected chi connectivity index (χ3v) is 3.55. The van der Waals surface area contributed by atoms with Crippen LogP contribution in [-0.4, -0.2) is 11.2 Å². The third kappa shape index (κ3) is 2.81. The summed E-state index contributed by atoms with van der Waals surface area (Å²) in [6.07, 6.45) is 2.71. The molecule has 0 unspecified atom stereocenters. The zero-order valence-electron chi connectivity index (χ0n) is 12.1. The lowest BCUT2D eigenvalue weighted by Gasteiger charge is -2.11. The van der Waals surface area contributed by atoms with E-state index in [4.69, 9.17) is 11.1 Å². The van der Waals surface area contributed by atoms with E-state index in [0.717, 1.165) is 17.8 Å². The Morgan fingerprint density at radius 1 is 1.00 bits per heavy atom. The highest BCUT2D eigenvalue weighted by molar-refractivity contribution is 5.89. The summed E-state index contributed by atoms with van der Waals surface area (Å²) in [5, 5.41) is 7.40. The van der Waals surface area contributed by atoms with E-state index in [9.17, 15) is 8.78 Å². The molecule has 5 heteroatoms. The first-order valence-corrected chi connectivity index (χ1v) is 6.91. The Hall–Kier alpha value is -3.08. The highest BCUT2D eigenvalue weighted by Gasteiger charge is 2.14. The van der Waals surface area contributed by atoms with E-state index in [2.05, 4.69) is 4.98 Å². The molecule has 114 valence electrons. The Morgan fingerprint density at radius 3 is 2.57 bits per heavy atom. The Morgan fingerprint density at radius 2 is 1.83 bits per heavy atom. The van der Waals surface area contributed by atoms with E-state index >= 15 is 0 Å². The van der Waals surface area contributed by atoms with Crippen LogP contribution in [0.15, 0.2) is 54.7 Å². The molecule has 2 aromatic carbocycles. The molecule has 23 heavy (non-hydrogen) atoms. The molecular formula is C18H13F2N3. The van der Waals surface area contributed by atoms with Gasteiger partial charge < -0.3 is 11.1 Å². The highest BCUT2D eigenvalue weighted by atomic mass is 19.1. The number of hydrogen-bond donors (Lipinski definition) is 2. The zero-order valence-corrected chi connectivity index (χ0v) is 12.1. The van der Waals surface area contributed by atoms with Crippen molar-refractivity contribution in [2.24, 2.45) is 0 Å². The fraction of sp³-hybridized carbons (Fsp3) is 0. The zero-order chi connectivity index (χ0) is 16.4. The molecule has 3 N–H and O–H groups in total. The molecule has 0 aliphatic rings. The van der Waals surface area contributed by atoms with Crippen molar-refractivity contribution < 1.29 is 8.78 Å². The maximum absolute atomic E-state index is 14.1. The molecule has 0 spiro atoms. The minimum absolute atomic E-state index is 0.218. The smallest absolute Gasteiger partial charge is 0.135 e. The summed E-state index contributed by atoms with van der Waals surface area (Å²) in [7, 11) is 0. The lowest BCUT2D eigenvalue weighted by atomic mass is 9.97. The summed E-state index contributed by atoms with van der Waals surface area (Å²) in [5.41, 5.74) is 8.92. The second kappa shape index (κ2) is 5.96. The molecule has 0 atom stereocenters. The van der Waals surface area contributed by atoms with Gasteiger partial charge in [-0.05, 0) is 35.9 Å². The third-order valence-electron chi connectivity index (χ3n) is 3.55. The number of nitrogens with two attached hydrogens (primary N) is 1. The highest BCUT2D eigenvalue weighted by Crippen LogP contribution is 2.33. The van der Waals surface area contributed by atoms with Gasteiger partial charge in [-0.1, -0.05) is 12.1 Å². The maximum atomic E-state index is 14.1. The molecule has 1 aromatic heterocycles. The molecule has 0 amide bonds. The first-order chi connectivity index (χ1) is 11.1. The predicted octanol–water partition coefficient (Wildman–Crippen LogP) is 4.27. The van der Waals surface area contributed by atoms with E-state index in [-0.39, 0.29) is 5.56 Å². The van der Waals surface area contributed by atoms with Crippen LogP contribution in [-0.2, 0) is 0 Å². The molecule has 0 aliphatic heterocycles. The van der Waals surface area contributed by atoms with Crippen molar-refractivity contribution in [1.29, 1.82) is 5.41 Å². The van der Waals surface area contributed by atoms with E-state index in [0.29, 0.717) is 22.5 Å². The van der Waals surface area contributed by atoms with Gasteiger partial charge in [0, 0.05) is 40.9 Å². The van der Waals surface area contributed by atoms with Crippen LogP contribution in [0.1, 0.15) is 5.56 Å². The molecule has 0 fully saturated rings. The maximum Gasteiger partial charge on any atom is 0.135 e. The van der Waals surface area contributed by atoms with Crippen molar-refractivity contribution in [2.45, 2.75) is 0 Å². The number of nitrogens with one attached hydrogen (secondary N) is 1. The summed E-state index contributed by atoms with van der Waals surface area (Å²) in [5.74, 6) is -1.31. The predicted molar refractivity (Wildman–Crippen MR) is 87.3 cm³/mol. The van der Waals surface area contributed by atoms with Crippen molar-refractivity contribution in [3.05, 3.63) is 71.9 Å². The number of halogens is 2. The quantitative estimate of drug-likeness (QED) is 0.560. The topological polar surface area (TPSA) is 62.8 Å². The number of hydrogen-bond acceptors (Lipinski definition) is 3. The van der Waals surface area contributed by atoms with E-state index in [1.165, 1.54) is 12.1 Å². The van der Waals surface area contributed by atoms with Crippen molar-refractivity contribution >= 4 is 11.9 Å². The lowest BCUT2D eigenvalue weighted by molar-refractivity contribution is 0.585. The van der Waals surface area contributed by atoms with Crippen LogP contribution in [0.25, 0.3) is 22.4 Å². The summed E-state index contributed by atoms with van der Waals surface area (Å²) < 4.78 is 27.2. The van der Waals surface area contributed by atoms with Gasteiger partial charge in [0.2, 0.25) is 0 Å². The second-order valence-corrected chi connectivity index (χ2v) is 5.01. The molecule has 0 saturated heterocycles. The van der Waals surface area contributed by atoms with Crippen LogP contribution < -0.4 is 5.73 Å². The normalized spacial score (nSPS) is 10.5. The average molecular weight is 309 g/mol. The number of nitrogen functional groups attached to an aromatic ring is 1. The molecule has 3 aromatic rings. The number of aromatic nitrogens is 1. The minimum atomic E-state index is -0.673. The van der Waals surface area contributed by atoms with Gasteiger partial charge in [-0.3, -0.25) is 4.98 Å². The molecule has 0 radical (unpaired) electrons. The lowest BCUT2D eigenvalue weighted by Crippen LogP contribution is -1.96. The average Bonchev–Trinajstić information content (AvgIpc) is 2.55. The van der Waals surface area contributed by atoms with Crippen LogP contribution in [0.4, 0.5) is 14.5 Å². The molecule has 0 bridgehead atoms. The number of anilines is 1. The Labute approximate surface area is 131 Å². The summed E-state index contributed by atoms with van der Waals surface area (Å²) in [6, 6.07) is 12.1. The van der Waals surface area contributed by atoms with Crippen LogP contribution in [0.2, 0.25) is 0 Å². The van der Waals surface area contributed by atoms with Gasteiger partial charge in [0.1, 0.15) is 11.6 Å². The van der Waals surface area contributed by atoms with Gasteiger partial charge in [0.25, 0.3) is 0 Å². The second-order valence-electron chi connectivity index (χ2n) is 5.01. The van der Waals surface area contributed by atoms with Crippen LogP contribution in [0.5, 0.6) is 0 Å². The van der Waals surface area contributed by atoms with Crippen molar-refractivity contribution in [1.82, 2.24) is 4.98 Å². The number of nitrogens with zero attached hydrogens (tertiary/aromatic N) is 1. The largest absolute Gasteiger partial charge is 0.398 e. The number of benzene rings is 2. The molecule has 3 nitrogen and oxygen atoms in total. The molecule has 0 saturated carbocycles. The van der Waals surface area contributed by atoms with Crippen LogP contribution >= 0.6 is 0 Å². The number of rotatable bonds is 3. The van der Waals surface area contributed by atoms with Gasteiger partial charge in [-0.15, -0.1) is 0 Å². The summed E-state index contributed by atoms with van der Waals surface area (Å²) in [4.78, 5) is 4.24. The van der Waals surface area contributed by atoms with Gasteiger partial charge in [0.15, 0.2) is 0 Å². The minimum Gasteiger partial charge on any atom is -0.398 e. The fourth-order valence-corrected chi connectivity index (χ4v) is 2.40. The molecule has 0 aliphatic carbocycles. The van der Waals surface area contributed by atoms with E-state index in [1.807, 2.05) is 0 Å². The van der Waals surface area contributed by atoms with E-state index in [1.54, 1.807) is 36.5 Å². The summed E-state index contributed by atoms with van der Waals surface area (Å²) in [6.45, 7) is 0. The number of pyridine rings is 1. The Kier molecular flexibility index (Phi) is 3.85. The molecule has 3 rings (SSSR count). The van der Waals surface area contributed by atoms with Crippen LogP contribution in [0, 0.1) is 17.0 Å². The van der Waals surface area contributed by atoms with Crippen molar-refractivity contribution in [3.8, 4) is 22.4 Å². The van der Waals surface area contributed by atoms with Gasteiger partial charge in [-0.2, -0.15) is 0 Å². The fourth-order valence-electron chi connectivity index (χ4n) is 2.40. The first kappa shape index (κ1) is 14.8. The van der Waals surface area contributed by atoms with Crippen molar-refractivity contribution in [2.75, 3.05) is 5.73 Å².